The summed E-state index contributed by atoms with van der Waals surface area (Å²) in [5, 5.41) is 3.91. The van der Waals surface area contributed by atoms with Crippen LogP contribution in [0, 0.1) is 6.92 Å². The van der Waals surface area contributed by atoms with E-state index in [1.165, 1.54) is 0 Å². The molecule has 1 aromatic heterocycles. The van der Waals surface area contributed by atoms with Crippen LogP contribution < -0.4 is 9.47 Å². The SMILES string of the molecule is COc1ccc(OC)c(C(=O)N2CCN(Cc3cc(C)no3)CC2)c1. The summed E-state index contributed by atoms with van der Waals surface area (Å²) in [6, 6.07) is 7.21. The van der Waals surface area contributed by atoms with Crippen molar-refractivity contribution in [2.45, 2.75) is 13.5 Å². The van der Waals surface area contributed by atoms with Gasteiger partial charge in [0.05, 0.1) is 32.0 Å². The molecule has 0 bridgehead atoms. The molecule has 25 heavy (non-hydrogen) atoms. The van der Waals surface area contributed by atoms with Crippen molar-refractivity contribution >= 4 is 5.91 Å². The molecule has 1 aliphatic rings. The fraction of sp³-hybridized carbons (Fsp3) is 0.444. The van der Waals surface area contributed by atoms with Gasteiger partial charge < -0.3 is 18.9 Å². The molecule has 1 fully saturated rings. The van der Waals surface area contributed by atoms with Crippen LogP contribution in [0.15, 0.2) is 28.8 Å². The Balaban J connectivity index is 1.63. The number of benzene rings is 1. The van der Waals surface area contributed by atoms with Crippen LogP contribution in [0.3, 0.4) is 0 Å². The summed E-state index contributed by atoms with van der Waals surface area (Å²) >= 11 is 0. The van der Waals surface area contributed by atoms with Crippen molar-refractivity contribution in [1.29, 1.82) is 0 Å². The lowest BCUT2D eigenvalue weighted by molar-refractivity contribution is 0.0614. The van der Waals surface area contributed by atoms with Gasteiger partial charge in [-0.25, -0.2) is 0 Å². The molecule has 1 aliphatic heterocycles. The van der Waals surface area contributed by atoms with E-state index in [1.807, 2.05) is 17.9 Å². The van der Waals surface area contributed by atoms with E-state index in [0.29, 0.717) is 36.7 Å². The number of amides is 1. The van der Waals surface area contributed by atoms with E-state index in [-0.39, 0.29) is 5.91 Å². The predicted octanol–water partition coefficient (Wildman–Crippen LogP) is 1.96. The molecule has 0 N–H and O–H groups in total. The van der Waals surface area contributed by atoms with Crippen LogP contribution in [0.2, 0.25) is 0 Å². The maximum Gasteiger partial charge on any atom is 0.257 e. The van der Waals surface area contributed by atoms with E-state index >= 15 is 0 Å². The van der Waals surface area contributed by atoms with Crippen molar-refractivity contribution in [2.24, 2.45) is 0 Å². The van der Waals surface area contributed by atoms with Crippen molar-refractivity contribution in [3.8, 4) is 11.5 Å². The lowest BCUT2D eigenvalue weighted by atomic mass is 10.1. The third-order valence-electron chi connectivity index (χ3n) is 4.35. The van der Waals surface area contributed by atoms with Crippen LogP contribution in [-0.2, 0) is 6.54 Å². The average Bonchev–Trinajstić information content (AvgIpc) is 3.06. The van der Waals surface area contributed by atoms with E-state index in [9.17, 15) is 4.79 Å². The van der Waals surface area contributed by atoms with Gasteiger partial charge in [0, 0.05) is 32.2 Å². The molecule has 134 valence electrons. The van der Waals surface area contributed by atoms with Crippen LogP contribution >= 0.6 is 0 Å². The Bertz CT molecular complexity index is 736. The maximum absolute atomic E-state index is 12.9. The minimum atomic E-state index is -0.0362. The summed E-state index contributed by atoms with van der Waals surface area (Å²) < 4.78 is 15.8. The van der Waals surface area contributed by atoms with E-state index < -0.39 is 0 Å². The molecule has 0 spiro atoms. The Kier molecular flexibility index (Phi) is 5.23. The number of methoxy groups -OCH3 is 2. The minimum Gasteiger partial charge on any atom is -0.497 e. The van der Waals surface area contributed by atoms with Crippen LogP contribution in [0.25, 0.3) is 0 Å². The van der Waals surface area contributed by atoms with Gasteiger partial charge in [-0.3, -0.25) is 9.69 Å². The smallest absolute Gasteiger partial charge is 0.257 e. The number of nitrogens with zero attached hydrogens (tertiary/aromatic N) is 3. The molecular formula is C18H23N3O4. The molecule has 1 aromatic carbocycles. The van der Waals surface area contributed by atoms with Gasteiger partial charge in [0.15, 0.2) is 5.76 Å². The fourth-order valence-electron chi connectivity index (χ4n) is 2.97. The molecule has 7 nitrogen and oxygen atoms in total. The zero-order chi connectivity index (χ0) is 17.8. The maximum atomic E-state index is 12.9. The first-order valence-electron chi connectivity index (χ1n) is 8.26. The Morgan fingerprint density at radius 1 is 1.16 bits per heavy atom. The second kappa shape index (κ2) is 7.57. The number of aryl methyl sites for hydroxylation is 1. The highest BCUT2D eigenvalue weighted by Gasteiger charge is 2.25. The van der Waals surface area contributed by atoms with Crippen LogP contribution in [0.5, 0.6) is 11.5 Å². The van der Waals surface area contributed by atoms with Gasteiger partial charge >= 0.3 is 0 Å². The second-order valence-corrected chi connectivity index (χ2v) is 6.07. The second-order valence-electron chi connectivity index (χ2n) is 6.07. The third kappa shape index (κ3) is 3.93. The Morgan fingerprint density at radius 2 is 1.92 bits per heavy atom. The number of hydrogen-bond acceptors (Lipinski definition) is 6. The number of aromatic nitrogens is 1. The zero-order valence-corrected chi connectivity index (χ0v) is 14.8. The zero-order valence-electron chi connectivity index (χ0n) is 14.8. The van der Waals surface area contributed by atoms with Crippen molar-refractivity contribution in [1.82, 2.24) is 15.0 Å². The topological polar surface area (TPSA) is 68.0 Å². The normalized spacial score (nSPS) is 15.2. The van der Waals surface area contributed by atoms with E-state index in [1.54, 1.807) is 32.4 Å². The quantitative estimate of drug-likeness (QED) is 0.825. The molecule has 3 rings (SSSR count). The first-order valence-corrected chi connectivity index (χ1v) is 8.26. The van der Waals surface area contributed by atoms with Crippen molar-refractivity contribution in [2.75, 3.05) is 40.4 Å². The van der Waals surface area contributed by atoms with Crippen molar-refractivity contribution < 1.29 is 18.8 Å². The highest BCUT2D eigenvalue weighted by molar-refractivity contribution is 5.97. The number of rotatable bonds is 5. The summed E-state index contributed by atoms with van der Waals surface area (Å²) in [5.74, 6) is 2.02. The molecule has 0 radical (unpaired) electrons. The van der Waals surface area contributed by atoms with Gasteiger partial charge in [0.2, 0.25) is 0 Å². The molecule has 0 atom stereocenters. The third-order valence-corrected chi connectivity index (χ3v) is 4.35. The Morgan fingerprint density at radius 3 is 2.52 bits per heavy atom. The summed E-state index contributed by atoms with van der Waals surface area (Å²) in [7, 11) is 3.15. The molecule has 1 amide bonds. The summed E-state index contributed by atoms with van der Waals surface area (Å²) in [5.41, 5.74) is 1.41. The van der Waals surface area contributed by atoms with Gasteiger partial charge in [-0.2, -0.15) is 0 Å². The number of carbonyl (C=O) groups is 1. The standard InChI is InChI=1S/C18H23N3O4/c1-13-10-15(25-19-13)12-20-6-8-21(9-7-20)18(22)16-11-14(23-2)4-5-17(16)24-3/h4-5,10-11H,6-9,12H2,1-3H3. The fourth-order valence-corrected chi connectivity index (χ4v) is 2.97. The molecule has 1 saturated heterocycles. The van der Waals surface area contributed by atoms with E-state index in [2.05, 4.69) is 10.1 Å². The Labute approximate surface area is 147 Å². The number of carbonyl (C=O) groups excluding carboxylic acids is 1. The number of ether oxygens (including phenoxy) is 2. The number of hydrogen-bond donors (Lipinski definition) is 0. The lowest BCUT2D eigenvalue weighted by Crippen LogP contribution is -2.48. The Hall–Kier alpha value is -2.54. The summed E-state index contributed by atoms with van der Waals surface area (Å²) in [6.07, 6.45) is 0. The van der Waals surface area contributed by atoms with E-state index in [0.717, 1.165) is 24.5 Å². The van der Waals surface area contributed by atoms with Crippen LogP contribution in [0.1, 0.15) is 21.8 Å². The van der Waals surface area contributed by atoms with Crippen molar-refractivity contribution in [3.05, 3.63) is 41.3 Å². The summed E-state index contributed by atoms with van der Waals surface area (Å²) in [4.78, 5) is 17.0. The molecule has 0 aliphatic carbocycles. The lowest BCUT2D eigenvalue weighted by Gasteiger charge is -2.34. The van der Waals surface area contributed by atoms with Crippen LogP contribution in [-0.4, -0.2) is 61.3 Å². The van der Waals surface area contributed by atoms with Gasteiger partial charge in [0.25, 0.3) is 5.91 Å². The molecule has 7 heteroatoms. The van der Waals surface area contributed by atoms with Gasteiger partial charge in [0.1, 0.15) is 11.5 Å². The molecule has 2 aromatic rings. The van der Waals surface area contributed by atoms with Gasteiger partial charge in [-0.1, -0.05) is 5.16 Å². The van der Waals surface area contributed by atoms with Crippen molar-refractivity contribution in [3.63, 3.8) is 0 Å². The minimum absolute atomic E-state index is 0.0362. The molecule has 0 saturated carbocycles. The first kappa shape index (κ1) is 17.3. The van der Waals surface area contributed by atoms with Crippen LogP contribution in [0.4, 0.5) is 0 Å². The van der Waals surface area contributed by atoms with Gasteiger partial charge in [-0.15, -0.1) is 0 Å². The highest BCUT2D eigenvalue weighted by Crippen LogP contribution is 2.25. The largest absolute Gasteiger partial charge is 0.497 e. The first-order chi connectivity index (χ1) is 12.1. The summed E-state index contributed by atoms with van der Waals surface area (Å²) in [6.45, 7) is 5.52. The highest BCUT2D eigenvalue weighted by atomic mass is 16.5. The molecular weight excluding hydrogens is 322 g/mol. The monoisotopic (exact) mass is 345 g/mol. The number of piperazine rings is 1. The van der Waals surface area contributed by atoms with Gasteiger partial charge in [-0.05, 0) is 25.1 Å². The average molecular weight is 345 g/mol. The van der Waals surface area contributed by atoms with E-state index in [4.69, 9.17) is 14.0 Å². The molecule has 2 heterocycles. The predicted molar refractivity (Wildman–Crippen MR) is 92.0 cm³/mol. The molecule has 0 unspecified atom stereocenters.